The average molecular weight is 273 g/mol. The van der Waals surface area contributed by atoms with E-state index in [4.69, 9.17) is 0 Å². The van der Waals surface area contributed by atoms with E-state index in [0.717, 1.165) is 24.6 Å². The quantitative estimate of drug-likeness (QED) is 0.843. The van der Waals surface area contributed by atoms with Gasteiger partial charge in [0.1, 0.15) is 0 Å². The minimum absolute atomic E-state index is 0.362. The summed E-state index contributed by atoms with van der Waals surface area (Å²) < 4.78 is 2.01. The van der Waals surface area contributed by atoms with Gasteiger partial charge in [0.05, 0.1) is 6.33 Å². The van der Waals surface area contributed by atoms with Crippen molar-refractivity contribution in [2.24, 2.45) is 18.4 Å². The first-order valence-corrected chi connectivity index (χ1v) is 7.94. The van der Waals surface area contributed by atoms with Crippen molar-refractivity contribution >= 4 is 5.91 Å². The molecule has 1 spiro atoms. The number of hydrogen-bond donors (Lipinski definition) is 0. The minimum atomic E-state index is 0.362. The second-order valence-electron chi connectivity index (χ2n) is 7.02. The first-order valence-electron chi connectivity index (χ1n) is 7.94. The fourth-order valence-electron chi connectivity index (χ4n) is 4.25. The molecule has 0 bridgehead atoms. The van der Waals surface area contributed by atoms with Crippen molar-refractivity contribution in [3.8, 4) is 0 Å². The molecule has 108 valence electrons. The van der Waals surface area contributed by atoms with Crippen molar-refractivity contribution in [2.45, 2.75) is 51.0 Å². The number of hydrogen-bond acceptors (Lipinski definition) is 2. The van der Waals surface area contributed by atoms with Gasteiger partial charge in [-0.3, -0.25) is 4.79 Å². The molecule has 0 N–H and O–H groups in total. The van der Waals surface area contributed by atoms with Crippen LogP contribution in [-0.2, 0) is 18.3 Å². The maximum atomic E-state index is 12.5. The van der Waals surface area contributed by atoms with E-state index in [1.54, 1.807) is 6.33 Å². The van der Waals surface area contributed by atoms with Gasteiger partial charge in [0.2, 0.25) is 5.91 Å². The van der Waals surface area contributed by atoms with Crippen LogP contribution in [0.4, 0.5) is 0 Å². The Morgan fingerprint density at radius 3 is 2.80 bits per heavy atom. The molecular weight excluding hydrogens is 250 g/mol. The fourth-order valence-corrected chi connectivity index (χ4v) is 4.25. The van der Waals surface area contributed by atoms with Crippen LogP contribution in [0.2, 0.25) is 0 Å². The van der Waals surface area contributed by atoms with Crippen LogP contribution < -0.4 is 0 Å². The first kappa shape index (κ1) is 12.4. The van der Waals surface area contributed by atoms with Crippen LogP contribution in [0.15, 0.2) is 12.5 Å². The number of carbonyl (C=O) groups is 1. The molecular formula is C16H23N3O. The number of imidazole rings is 1. The molecule has 0 aromatic carbocycles. The number of carbonyl (C=O) groups excluding carboxylic acids is 1. The van der Waals surface area contributed by atoms with Crippen molar-refractivity contribution in [2.75, 3.05) is 6.54 Å². The Morgan fingerprint density at radius 1 is 1.45 bits per heavy atom. The summed E-state index contributed by atoms with van der Waals surface area (Å²) >= 11 is 0. The van der Waals surface area contributed by atoms with Crippen LogP contribution in [0.1, 0.15) is 44.2 Å². The van der Waals surface area contributed by atoms with Crippen molar-refractivity contribution in [3.05, 3.63) is 18.2 Å². The molecule has 0 radical (unpaired) electrons. The zero-order valence-corrected chi connectivity index (χ0v) is 12.2. The Hall–Kier alpha value is -1.32. The summed E-state index contributed by atoms with van der Waals surface area (Å²) in [7, 11) is 1.99. The number of aryl methyl sites for hydroxylation is 2. The van der Waals surface area contributed by atoms with Gasteiger partial charge in [-0.2, -0.15) is 0 Å². The lowest BCUT2D eigenvalue weighted by molar-refractivity contribution is -0.171. The van der Waals surface area contributed by atoms with Gasteiger partial charge in [-0.25, -0.2) is 4.98 Å². The van der Waals surface area contributed by atoms with Gasteiger partial charge in [-0.05, 0) is 38.0 Å². The average Bonchev–Trinajstić information content (AvgIpc) is 3.06. The summed E-state index contributed by atoms with van der Waals surface area (Å²) in [4.78, 5) is 18.8. The summed E-state index contributed by atoms with van der Waals surface area (Å²) in [5.74, 6) is 1.19. The molecule has 2 aliphatic carbocycles. The van der Waals surface area contributed by atoms with Crippen LogP contribution in [0.5, 0.6) is 0 Å². The third kappa shape index (κ3) is 1.80. The highest BCUT2D eigenvalue weighted by Crippen LogP contribution is 2.59. The molecule has 3 aliphatic rings. The SMILES string of the molecule is Cn1cncc1CCC(=O)N1CC2(CCC2)C1C1CC1. The highest BCUT2D eigenvalue weighted by atomic mass is 16.2. The third-order valence-corrected chi connectivity index (χ3v) is 5.70. The predicted octanol–water partition coefficient (Wildman–Crippen LogP) is 2.14. The molecule has 1 unspecified atom stereocenters. The van der Waals surface area contributed by atoms with E-state index in [0.29, 0.717) is 23.8 Å². The van der Waals surface area contributed by atoms with E-state index in [2.05, 4.69) is 9.88 Å². The Balaban J connectivity index is 1.38. The van der Waals surface area contributed by atoms with Crippen molar-refractivity contribution in [3.63, 3.8) is 0 Å². The van der Waals surface area contributed by atoms with E-state index in [9.17, 15) is 4.79 Å². The molecule has 1 atom stereocenters. The number of aromatic nitrogens is 2. The lowest BCUT2D eigenvalue weighted by Gasteiger charge is -2.63. The molecule has 1 aromatic rings. The lowest BCUT2D eigenvalue weighted by atomic mass is 9.56. The third-order valence-electron chi connectivity index (χ3n) is 5.70. The highest BCUT2D eigenvalue weighted by Gasteiger charge is 2.61. The van der Waals surface area contributed by atoms with Crippen molar-refractivity contribution in [1.82, 2.24) is 14.5 Å². The molecule has 4 nitrogen and oxygen atoms in total. The zero-order chi connectivity index (χ0) is 13.7. The molecule has 1 saturated heterocycles. The molecule has 4 heteroatoms. The Bertz CT molecular complexity index is 528. The summed E-state index contributed by atoms with van der Waals surface area (Å²) in [5, 5.41) is 0. The van der Waals surface area contributed by atoms with E-state index < -0.39 is 0 Å². The van der Waals surface area contributed by atoms with Gasteiger partial charge in [-0.15, -0.1) is 0 Å². The number of amides is 1. The summed E-state index contributed by atoms with van der Waals surface area (Å²) in [6.45, 7) is 1.04. The second kappa shape index (κ2) is 4.34. The predicted molar refractivity (Wildman–Crippen MR) is 76.0 cm³/mol. The maximum absolute atomic E-state index is 12.5. The topological polar surface area (TPSA) is 38.1 Å². The summed E-state index contributed by atoms with van der Waals surface area (Å²) in [6.07, 6.45) is 11.9. The van der Waals surface area contributed by atoms with E-state index in [1.807, 2.05) is 17.8 Å². The fraction of sp³-hybridized carbons (Fsp3) is 0.750. The molecule has 1 amide bonds. The number of likely N-dealkylation sites (tertiary alicyclic amines) is 1. The van der Waals surface area contributed by atoms with Crippen LogP contribution in [0, 0.1) is 11.3 Å². The monoisotopic (exact) mass is 273 g/mol. The van der Waals surface area contributed by atoms with Gasteiger partial charge in [0.15, 0.2) is 0 Å². The number of rotatable bonds is 4. The minimum Gasteiger partial charge on any atom is -0.338 e. The Morgan fingerprint density at radius 2 is 2.25 bits per heavy atom. The Kier molecular flexibility index (Phi) is 2.69. The second-order valence-corrected chi connectivity index (χ2v) is 7.02. The van der Waals surface area contributed by atoms with Gasteiger partial charge < -0.3 is 9.47 Å². The molecule has 20 heavy (non-hydrogen) atoms. The summed E-state index contributed by atoms with van der Waals surface area (Å²) in [5.41, 5.74) is 1.70. The molecule has 2 saturated carbocycles. The highest BCUT2D eigenvalue weighted by molar-refractivity contribution is 5.78. The number of nitrogens with zero attached hydrogens (tertiary/aromatic N) is 3. The normalized spacial score (nSPS) is 27.2. The lowest BCUT2D eigenvalue weighted by Crippen LogP contribution is -2.69. The maximum Gasteiger partial charge on any atom is 0.223 e. The van der Waals surface area contributed by atoms with Gasteiger partial charge >= 0.3 is 0 Å². The first-order chi connectivity index (χ1) is 9.70. The summed E-state index contributed by atoms with van der Waals surface area (Å²) in [6, 6.07) is 0.593. The van der Waals surface area contributed by atoms with Crippen molar-refractivity contribution in [1.29, 1.82) is 0 Å². The van der Waals surface area contributed by atoms with E-state index in [-0.39, 0.29) is 0 Å². The van der Waals surface area contributed by atoms with Crippen LogP contribution in [0.3, 0.4) is 0 Å². The van der Waals surface area contributed by atoms with E-state index >= 15 is 0 Å². The van der Waals surface area contributed by atoms with Crippen LogP contribution in [0.25, 0.3) is 0 Å². The Labute approximate surface area is 120 Å². The van der Waals surface area contributed by atoms with Gasteiger partial charge in [0.25, 0.3) is 0 Å². The van der Waals surface area contributed by atoms with Gasteiger partial charge in [-0.1, -0.05) is 6.42 Å². The molecule has 3 fully saturated rings. The van der Waals surface area contributed by atoms with Gasteiger partial charge in [0, 0.05) is 43.4 Å². The standard InChI is InChI=1S/C16H23N3O/c1-18-11-17-9-13(18)5-6-14(20)19-10-16(7-2-8-16)15(19)12-3-4-12/h9,11-12,15H,2-8,10H2,1H3. The van der Waals surface area contributed by atoms with Crippen LogP contribution >= 0.6 is 0 Å². The zero-order valence-electron chi connectivity index (χ0n) is 12.2. The molecule has 1 aliphatic heterocycles. The molecule has 1 aromatic heterocycles. The molecule has 2 heterocycles. The largest absolute Gasteiger partial charge is 0.338 e. The van der Waals surface area contributed by atoms with E-state index in [1.165, 1.54) is 32.1 Å². The smallest absolute Gasteiger partial charge is 0.223 e. The molecule has 4 rings (SSSR count). The van der Waals surface area contributed by atoms with Crippen molar-refractivity contribution < 1.29 is 4.79 Å². The van der Waals surface area contributed by atoms with Crippen LogP contribution in [-0.4, -0.2) is 32.9 Å².